The summed E-state index contributed by atoms with van der Waals surface area (Å²) in [4.78, 5) is 0. The number of rotatable bonds is 1. The normalized spacial score (nSPS) is 18.9. The Hall–Kier alpha value is -1.89. The van der Waals surface area contributed by atoms with Gasteiger partial charge in [0.15, 0.2) is 6.10 Å². The van der Waals surface area contributed by atoms with Gasteiger partial charge in [-0.05, 0) is 30.3 Å². The number of nitrogens with zero attached hydrogens (tertiary/aromatic N) is 2. The van der Waals surface area contributed by atoms with Crippen LogP contribution in [-0.4, -0.2) is 22.1 Å². The second kappa shape index (κ2) is 4.59. The monoisotopic (exact) mass is 286 g/mol. The number of aromatic nitrogens is 2. The lowest BCUT2D eigenvalue weighted by Gasteiger charge is -2.25. The summed E-state index contributed by atoms with van der Waals surface area (Å²) in [6.45, 7) is -0.502. The van der Waals surface area contributed by atoms with Gasteiger partial charge in [0.25, 0.3) is 0 Å². The molecule has 0 N–H and O–H groups in total. The van der Waals surface area contributed by atoms with Gasteiger partial charge in [-0.15, -0.1) is 0 Å². The van der Waals surface area contributed by atoms with Crippen LogP contribution < -0.4 is 0 Å². The second-order valence-corrected chi connectivity index (χ2v) is 4.55. The van der Waals surface area contributed by atoms with E-state index in [4.69, 9.17) is 4.74 Å². The molecular formula is C13H10F4N2O. The van der Waals surface area contributed by atoms with Crippen LogP contribution in [0.15, 0.2) is 30.3 Å². The number of benzene rings is 1. The third-order valence-corrected chi connectivity index (χ3v) is 3.14. The van der Waals surface area contributed by atoms with E-state index in [1.165, 1.54) is 28.9 Å². The largest absolute Gasteiger partial charge is 0.416 e. The van der Waals surface area contributed by atoms with Crippen LogP contribution in [0.5, 0.6) is 0 Å². The molecule has 2 aromatic rings. The van der Waals surface area contributed by atoms with Crippen LogP contribution in [0.4, 0.5) is 17.6 Å². The van der Waals surface area contributed by atoms with Gasteiger partial charge in [-0.1, -0.05) is 0 Å². The lowest BCUT2D eigenvalue weighted by molar-refractivity contribution is -0.234. The lowest BCUT2D eigenvalue weighted by atomic mass is 10.1. The zero-order valence-electron chi connectivity index (χ0n) is 10.2. The highest BCUT2D eigenvalue weighted by Crippen LogP contribution is 2.30. The molecule has 0 fully saturated rings. The molecule has 1 atom stereocenters. The van der Waals surface area contributed by atoms with E-state index in [9.17, 15) is 17.6 Å². The van der Waals surface area contributed by atoms with Crippen molar-refractivity contribution >= 4 is 0 Å². The van der Waals surface area contributed by atoms with Crippen molar-refractivity contribution in [1.82, 2.24) is 9.78 Å². The maximum atomic E-state index is 12.8. The molecule has 20 heavy (non-hydrogen) atoms. The number of hydrogen-bond acceptors (Lipinski definition) is 2. The van der Waals surface area contributed by atoms with Crippen molar-refractivity contribution in [2.24, 2.45) is 0 Å². The van der Waals surface area contributed by atoms with Crippen LogP contribution in [0.3, 0.4) is 0 Å². The summed E-state index contributed by atoms with van der Waals surface area (Å²) in [6.07, 6.45) is -6.24. The van der Waals surface area contributed by atoms with E-state index in [2.05, 4.69) is 5.10 Å². The van der Waals surface area contributed by atoms with Crippen molar-refractivity contribution in [2.75, 3.05) is 0 Å². The van der Waals surface area contributed by atoms with Crippen molar-refractivity contribution in [1.29, 1.82) is 0 Å². The van der Waals surface area contributed by atoms with Crippen molar-refractivity contribution < 1.29 is 22.3 Å². The van der Waals surface area contributed by atoms with Crippen molar-refractivity contribution in [3.63, 3.8) is 0 Å². The molecule has 0 bridgehead atoms. The van der Waals surface area contributed by atoms with Gasteiger partial charge in [-0.3, -0.25) is 4.68 Å². The predicted molar refractivity (Wildman–Crippen MR) is 62.3 cm³/mol. The highest BCUT2D eigenvalue weighted by molar-refractivity contribution is 5.59. The van der Waals surface area contributed by atoms with Crippen LogP contribution in [0.2, 0.25) is 0 Å². The van der Waals surface area contributed by atoms with E-state index < -0.39 is 12.3 Å². The van der Waals surface area contributed by atoms with Crippen molar-refractivity contribution in [3.8, 4) is 11.3 Å². The van der Waals surface area contributed by atoms with Gasteiger partial charge in [0.05, 0.1) is 24.5 Å². The highest BCUT2D eigenvalue weighted by Gasteiger charge is 2.43. The summed E-state index contributed by atoms with van der Waals surface area (Å²) in [7, 11) is 0. The minimum atomic E-state index is -4.40. The van der Waals surface area contributed by atoms with Gasteiger partial charge in [0.1, 0.15) is 5.82 Å². The molecule has 0 aliphatic carbocycles. The number of fused-ring (bicyclic) bond motifs is 1. The first kappa shape index (κ1) is 13.1. The fourth-order valence-corrected chi connectivity index (χ4v) is 2.09. The molecule has 2 heterocycles. The molecule has 0 saturated carbocycles. The molecule has 3 rings (SSSR count). The predicted octanol–water partition coefficient (Wildman–Crippen LogP) is 3.15. The summed E-state index contributed by atoms with van der Waals surface area (Å²) in [6, 6.07) is 7.28. The minimum Gasteiger partial charge on any atom is -0.361 e. The second-order valence-electron chi connectivity index (χ2n) is 4.55. The molecular weight excluding hydrogens is 276 g/mol. The van der Waals surface area contributed by atoms with Gasteiger partial charge >= 0.3 is 6.18 Å². The Labute approximate surface area is 111 Å². The van der Waals surface area contributed by atoms with E-state index in [0.29, 0.717) is 17.0 Å². The highest BCUT2D eigenvalue weighted by atomic mass is 19.4. The molecule has 106 valence electrons. The lowest BCUT2D eigenvalue weighted by Crippen LogP contribution is -2.39. The average molecular weight is 286 g/mol. The smallest absolute Gasteiger partial charge is 0.361 e. The van der Waals surface area contributed by atoms with Gasteiger partial charge in [0, 0.05) is 5.56 Å². The quantitative estimate of drug-likeness (QED) is 0.753. The van der Waals surface area contributed by atoms with Crippen LogP contribution in [0.25, 0.3) is 11.3 Å². The molecule has 0 amide bonds. The topological polar surface area (TPSA) is 27.1 Å². The Morgan fingerprint density at radius 1 is 1.20 bits per heavy atom. The summed E-state index contributed by atoms with van der Waals surface area (Å²) in [5.41, 5.74) is 1.73. The van der Waals surface area contributed by atoms with Gasteiger partial charge < -0.3 is 4.74 Å². The average Bonchev–Trinajstić information content (AvgIpc) is 2.81. The number of halogens is 4. The number of alkyl halides is 3. The summed E-state index contributed by atoms with van der Waals surface area (Å²) in [5.74, 6) is -0.377. The third kappa shape index (κ3) is 2.40. The molecule has 0 radical (unpaired) electrons. The maximum absolute atomic E-state index is 12.8. The molecule has 1 aromatic heterocycles. The third-order valence-electron chi connectivity index (χ3n) is 3.14. The van der Waals surface area contributed by atoms with Gasteiger partial charge in [0.2, 0.25) is 0 Å². The SMILES string of the molecule is Fc1ccc(-c2cc3n(n2)CC(C(F)(F)F)OC3)cc1. The summed E-state index contributed by atoms with van der Waals surface area (Å²) in [5, 5.41) is 4.13. The molecule has 0 saturated heterocycles. The Kier molecular flexibility index (Phi) is 3.01. The van der Waals surface area contributed by atoms with E-state index in [1.54, 1.807) is 6.07 Å². The number of ether oxygens (including phenoxy) is 1. The molecule has 0 spiro atoms. The molecule has 3 nitrogen and oxygen atoms in total. The van der Waals surface area contributed by atoms with E-state index in [1.807, 2.05) is 0 Å². The van der Waals surface area contributed by atoms with Crippen molar-refractivity contribution in [3.05, 3.63) is 41.8 Å². The van der Waals surface area contributed by atoms with Crippen LogP contribution in [-0.2, 0) is 17.9 Å². The van der Waals surface area contributed by atoms with E-state index in [0.717, 1.165) is 0 Å². The van der Waals surface area contributed by atoms with Gasteiger partial charge in [-0.2, -0.15) is 18.3 Å². The Bertz CT molecular complexity index is 618. The fraction of sp³-hybridized carbons (Fsp3) is 0.308. The van der Waals surface area contributed by atoms with Crippen molar-refractivity contribution in [2.45, 2.75) is 25.4 Å². The molecule has 1 aromatic carbocycles. The van der Waals surface area contributed by atoms with E-state index in [-0.39, 0.29) is 19.0 Å². The molecule has 1 aliphatic rings. The summed E-state index contributed by atoms with van der Waals surface area (Å²) < 4.78 is 56.7. The number of hydrogen-bond donors (Lipinski definition) is 0. The van der Waals surface area contributed by atoms with Crippen LogP contribution >= 0.6 is 0 Å². The molecule has 7 heteroatoms. The standard InChI is InChI=1S/C13H10F4N2O/c14-9-3-1-8(2-4-9)11-5-10-7-20-12(13(15,16)17)6-19(10)18-11/h1-5,12H,6-7H2. The first-order valence-corrected chi connectivity index (χ1v) is 5.94. The Morgan fingerprint density at radius 2 is 1.90 bits per heavy atom. The first-order valence-electron chi connectivity index (χ1n) is 5.94. The Balaban J connectivity index is 1.89. The van der Waals surface area contributed by atoms with Gasteiger partial charge in [-0.25, -0.2) is 4.39 Å². The van der Waals surface area contributed by atoms with E-state index >= 15 is 0 Å². The van der Waals surface area contributed by atoms with Crippen LogP contribution in [0.1, 0.15) is 5.69 Å². The van der Waals surface area contributed by atoms with Crippen LogP contribution in [0, 0.1) is 5.82 Å². The maximum Gasteiger partial charge on any atom is 0.416 e. The summed E-state index contributed by atoms with van der Waals surface area (Å²) >= 11 is 0. The minimum absolute atomic E-state index is 0.141. The zero-order valence-corrected chi connectivity index (χ0v) is 10.2. The fourth-order valence-electron chi connectivity index (χ4n) is 2.09. The Morgan fingerprint density at radius 3 is 2.55 bits per heavy atom. The zero-order chi connectivity index (χ0) is 14.3. The molecule has 1 unspecified atom stereocenters. The first-order chi connectivity index (χ1) is 9.43. The molecule has 1 aliphatic heterocycles.